The van der Waals surface area contributed by atoms with Crippen molar-refractivity contribution in [3.63, 3.8) is 0 Å². The van der Waals surface area contributed by atoms with E-state index in [0.717, 1.165) is 24.3 Å². The summed E-state index contributed by atoms with van der Waals surface area (Å²) in [6.45, 7) is 7.24. The number of amides is 1. The van der Waals surface area contributed by atoms with Gasteiger partial charge in [0.1, 0.15) is 18.4 Å². The van der Waals surface area contributed by atoms with Gasteiger partial charge in [0.2, 0.25) is 0 Å². The largest absolute Gasteiger partial charge is 0.492 e. The molecule has 4 rings (SSSR count). The minimum atomic E-state index is -5.20. The predicted molar refractivity (Wildman–Crippen MR) is 104 cm³/mol. The third-order valence-corrected chi connectivity index (χ3v) is 5.58. The van der Waals surface area contributed by atoms with Crippen molar-refractivity contribution in [1.29, 1.82) is 0 Å². The van der Waals surface area contributed by atoms with Crippen LogP contribution in [0, 0.1) is 0 Å². The molecule has 31 heavy (non-hydrogen) atoms. The van der Waals surface area contributed by atoms with E-state index in [9.17, 15) is 22.8 Å². The van der Waals surface area contributed by atoms with E-state index in [1.54, 1.807) is 11.8 Å². The first-order valence-corrected chi connectivity index (χ1v) is 10.0. The van der Waals surface area contributed by atoms with E-state index >= 15 is 0 Å². The van der Waals surface area contributed by atoms with Crippen LogP contribution in [-0.4, -0.2) is 61.2 Å². The number of rotatable bonds is 4. The van der Waals surface area contributed by atoms with Crippen LogP contribution in [0.2, 0.25) is 0 Å². The summed E-state index contributed by atoms with van der Waals surface area (Å²) in [5.41, 5.74) is 4.62. The van der Waals surface area contributed by atoms with Crippen LogP contribution in [-0.2, 0) is 14.4 Å². The molecular weight excluding hydrogens is 419 g/mol. The minimum absolute atomic E-state index is 0.111. The summed E-state index contributed by atoms with van der Waals surface area (Å²) in [6, 6.07) is 3.25. The molecule has 170 valence electrons. The van der Waals surface area contributed by atoms with E-state index in [-0.39, 0.29) is 18.6 Å². The van der Waals surface area contributed by atoms with Crippen LogP contribution >= 0.6 is 0 Å². The number of carbonyl (C=O) groups is 2. The Morgan fingerprint density at radius 3 is 2.61 bits per heavy atom. The number of ether oxygens (including phenoxy) is 1. The van der Waals surface area contributed by atoms with E-state index in [2.05, 4.69) is 20.9 Å². The average Bonchev–Trinajstić information content (AvgIpc) is 2.66. The van der Waals surface area contributed by atoms with Gasteiger partial charge in [-0.05, 0) is 35.7 Å². The fourth-order valence-electron chi connectivity index (χ4n) is 3.80. The lowest BCUT2D eigenvalue weighted by atomic mass is 9.97. The highest BCUT2D eigenvalue weighted by Gasteiger charge is 2.49. The van der Waals surface area contributed by atoms with Gasteiger partial charge in [0, 0.05) is 18.8 Å². The normalized spacial score (nSPS) is 24.0. The van der Waals surface area contributed by atoms with Crippen molar-refractivity contribution >= 4 is 23.3 Å². The number of hydroxylamine groups is 1. The molecular formula is C19H24F3N5O4. The maximum atomic E-state index is 12.7. The van der Waals surface area contributed by atoms with Gasteiger partial charge in [-0.15, -0.1) is 0 Å². The molecule has 3 aliphatic rings. The SMILES string of the molecule is CC(C)c1cc2c(cc1NC1CNC1)N1C(C)C(=O)NN(OC(=O)C(F)(F)F)C1CO2. The molecule has 3 aliphatic heterocycles. The number of carbonyl (C=O) groups excluding carboxylic acids is 2. The van der Waals surface area contributed by atoms with E-state index < -0.39 is 30.3 Å². The van der Waals surface area contributed by atoms with Crippen LogP contribution < -0.4 is 25.7 Å². The topological polar surface area (TPSA) is 95.2 Å². The number of hydrogen-bond acceptors (Lipinski definition) is 8. The van der Waals surface area contributed by atoms with Crippen molar-refractivity contribution in [2.24, 2.45) is 0 Å². The molecule has 9 nitrogen and oxygen atoms in total. The Morgan fingerprint density at radius 1 is 1.32 bits per heavy atom. The zero-order valence-corrected chi connectivity index (χ0v) is 17.2. The quantitative estimate of drug-likeness (QED) is 0.644. The smallest absolute Gasteiger partial charge is 0.488 e. The van der Waals surface area contributed by atoms with Crippen LogP contribution in [0.1, 0.15) is 32.3 Å². The second-order valence-electron chi connectivity index (χ2n) is 8.11. The fraction of sp³-hybridized carbons (Fsp3) is 0.579. The second-order valence-corrected chi connectivity index (χ2v) is 8.11. The van der Waals surface area contributed by atoms with Crippen LogP contribution in [0.3, 0.4) is 0 Å². The Kier molecular flexibility index (Phi) is 5.38. The molecule has 0 aromatic heterocycles. The molecule has 2 atom stereocenters. The molecule has 2 unspecified atom stereocenters. The van der Waals surface area contributed by atoms with Gasteiger partial charge in [-0.1, -0.05) is 13.8 Å². The Morgan fingerprint density at radius 2 is 2.03 bits per heavy atom. The number of nitrogens with one attached hydrogen (secondary N) is 3. The van der Waals surface area contributed by atoms with Gasteiger partial charge >= 0.3 is 12.1 Å². The third-order valence-electron chi connectivity index (χ3n) is 5.58. The van der Waals surface area contributed by atoms with Gasteiger partial charge in [0.05, 0.1) is 11.7 Å². The number of alkyl halides is 3. The van der Waals surface area contributed by atoms with Gasteiger partial charge in [-0.2, -0.15) is 13.2 Å². The summed E-state index contributed by atoms with van der Waals surface area (Å²) in [5.74, 6) is -2.33. The molecule has 12 heteroatoms. The second kappa shape index (κ2) is 7.75. The summed E-state index contributed by atoms with van der Waals surface area (Å²) in [4.78, 5) is 29.9. The third kappa shape index (κ3) is 3.97. The summed E-state index contributed by atoms with van der Waals surface area (Å²) in [5, 5.41) is 7.17. The standard InChI is InChI=1S/C19H24F3N5O4/c1-9(2)12-4-15-14(5-13(12)24-11-6-23-7-11)26-10(3)17(28)25-27(16(26)8-30-15)31-18(29)19(20,21)22/h4-5,9-11,16,23-24H,6-8H2,1-3H3,(H,25,28). The number of fused-ring (bicyclic) bond motifs is 3. The molecule has 2 fully saturated rings. The first-order valence-electron chi connectivity index (χ1n) is 10.0. The zero-order valence-electron chi connectivity index (χ0n) is 17.2. The van der Waals surface area contributed by atoms with Gasteiger partial charge in [0.25, 0.3) is 5.91 Å². The number of hydrazine groups is 1. The van der Waals surface area contributed by atoms with Gasteiger partial charge in [-0.3, -0.25) is 10.2 Å². The van der Waals surface area contributed by atoms with E-state index in [4.69, 9.17) is 4.74 Å². The summed E-state index contributed by atoms with van der Waals surface area (Å²) in [7, 11) is 0. The molecule has 2 saturated heterocycles. The van der Waals surface area contributed by atoms with Crippen molar-refractivity contribution in [3.05, 3.63) is 17.7 Å². The van der Waals surface area contributed by atoms with E-state index in [1.165, 1.54) is 0 Å². The molecule has 0 aliphatic carbocycles. The van der Waals surface area contributed by atoms with E-state index in [0.29, 0.717) is 16.6 Å². The molecule has 0 radical (unpaired) electrons. The molecule has 3 heterocycles. The maximum absolute atomic E-state index is 12.7. The number of halogens is 3. The van der Waals surface area contributed by atoms with Crippen molar-refractivity contribution in [3.8, 4) is 5.75 Å². The minimum Gasteiger partial charge on any atom is -0.488 e. The Balaban J connectivity index is 1.69. The van der Waals surface area contributed by atoms with Crippen molar-refractivity contribution < 1.29 is 32.3 Å². The molecule has 0 spiro atoms. The highest BCUT2D eigenvalue weighted by Crippen LogP contribution is 2.43. The summed E-state index contributed by atoms with van der Waals surface area (Å²) >= 11 is 0. The maximum Gasteiger partial charge on any atom is 0.492 e. The van der Waals surface area contributed by atoms with Gasteiger partial charge in [0.15, 0.2) is 6.17 Å². The number of hydrogen-bond donors (Lipinski definition) is 3. The number of benzene rings is 1. The lowest BCUT2D eigenvalue weighted by Crippen LogP contribution is -2.70. The monoisotopic (exact) mass is 443 g/mol. The van der Waals surface area contributed by atoms with Gasteiger partial charge < -0.3 is 25.1 Å². The van der Waals surface area contributed by atoms with Gasteiger partial charge in [-0.25, -0.2) is 4.79 Å². The zero-order chi connectivity index (χ0) is 22.5. The molecule has 1 amide bonds. The van der Waals surface area contributed by atoms with Crippen LogP contribution in [0.15, 0.2) is 12.1 Å². The molecule has 1 aromatic carbocycles. The molecule has 0 saturated carbocycles. The Hall–Kier alpha value is -2.73. The highest BCUT2D eigenvalue weighted by molar-refractivity contribution is 5.88. The fourth-order valence-corrected chi connectivity index (χ4v) is 3.80. The highest BCUT2D eigenvalue weighted by atomic mass is 19.4. The summed E-state index contributed by atoms with van der Waals surface area (Å²) in [6.07, 6.45) is -6.17. The first kappa shape index (κ1) is 21.5. The number of anilines is 2. The lowest BCUT2D eigenvalue weighted by Gasteiger charge is -2.48. The Bertz CT molecular complexity index is 890. The first-order chi connectivity index (χ1) is 14.6. The molecule has 1 aromatic rings. The molecule has 0 bridgehead atoms. The lowest BCUT2D eigenvalue weighted by molar-refractivity contribution is -0.265. The summed E-state index contributed by atoms with van der Waals surface area (Å²) < 4.78 is 43.9. The van der Waals surface area contributed by atoms with Crippen LogP contribution in [0.25, 0.3) is 0 Å². The average molecular weight is 443 g/mol. The number of nitrogens with zero attached hydrogens (tertiary/aromatic N) is 2. The van der Waals surface area contributed by atoms with Crippen LogP contribution in [0.5, 0.6) is 5.75 Å². The van der Waals surface area contributed by atoms with Crippen molar-refractivity contribution in [2.75, 3.05) is 29.9 Å². The Labute approximate surface area is 176 Å². The molecule has 3 N–H and O–H groups in total. The van der Waals surface area contributed by atoms with Crippen molar-refractivity contribution in [1.82, 2.24) is 15.9 Å². The van der Waals surface area contributed by atoms with Crippen molar-refractivity contribution in [2.45, 2.75) is 51.1 Å². The van der Waals surface area contributed by atoms with Crippen LogP contribution in [0.4, 0.5) is 24.5 Å². The van der Waals surface area contributed by atoms with E-state index in [1.807, 2.05) is 26.0 Å². The predicted octanol–water partition coefficient (Wildman–Crippen LogP) is 1.47.